The number of halogens is 2. The topological polar surface area (TPSA) is 76.2 Å². The number of anilines is 1. The van der Waals surface area contributed by atoms with Gasteiger partial charge in [-0.25, -0.2) is 0 Å². The van der Waals surface area contributed by atoms with Crippen LogP contribution in [0.4, 0.5) is 5.69 Å². The zero-order chi connectivity index (χ0) is 27.2. The second-order valence-electron chi connectivity index (χ2n) is 9.58. The van der Waals surface area contributed by atoms with Crippen LogP contribution in [0.1, 0.15) is 52.5 Å². The first kappa shape index (κ1) is 29.6. The summed E-state index contributed by atoms with van der Waals surface area (Å²) in [6.45, 7) is 10.9. The summed E-state index contributed by atoms with van der Waals surface area (Å²) < 4.78 is 38.0. The fourth-order valence-electron chi connectivity index (χ4n) is 4.31. The van der Waals surface area contributed by atoms with Gasteiger partial charge in [-0.15, -0.1) is 0 Å². The third-order valence-electron chi connectivity index (χ3n) is 6.30. The van der Waals surface area contributed by atoms with E-state index in [1.807, 2.05) is 39.8 Å². The molecule has 0 bridgehead atoms. The van der Waals surface area contributed by atoms with Crippen molar-refractivity contribution in [3.8, 4) is 5.75 Å². The fraction of sp³-hybridized carbons (Fsp3) is 0.519. The fourth-order valence-corrected chi connectivity index (χ4v) is 5.66. The number of hydrogen-bond acceptors (Lipinski definition) is 6. The Balaban J connectivity index is 1.99. The minimum absolute atomic E-state index is 0.00314. The smallest absolute Gasteiger partial charge is 0.339 e. The van der Waals surface area contributed by atoms with Crippen molar-refractivity contribution in [2.45, 2.75) is 64.5 Å². The zero-order valence-corrected chi connectivity index (χ0v) is 24.2. The van der Waals surface area contributed by atoms with Crippen molar-refractivity contribution in [3.05, 3.63) is 52.0 Å². The van der Waals surface area contributed by atoms with E-state index in [1.165, 1.54) is 18.2 Å². The number of nitrogens with zero attached hydrogens (tertiary/aromatic N) is 2. The van der Waals surface area contributed by atoms with E-state index in [0.29, 0.717) is 25.1 Å². The van der Waals surface area contributed by atoms with Crippen LogP contribution < -0.4 is 9.08 Å². The number of benzene rings is 2. The van der Waals surface area contributed by atoms with Crippen LogP contribution in [0.2, 0.25) is 10.0 Å². The minimum Gasteiger partial charge on any atom is -0.379 e. The molecule has 1 saturated heterocycles. The third kappa shape index (κ3) is 7.99. The Labute approximate surface area is 230 Å². The van der Waals surface area contributed by atoms with Crippen LogP contribution in [0.5, 0.6) is 5.75 Å². The van der Waals surface area contributed by atoms with Gasteiger partial charge < -0.3 is 18.7 Å². The molecule has 1 fully saturated rings. The van der Waals surface area contributed by atoms with Gasteiger partial charge in [-0.1, -0.05) is 43.1 Å². The normalized spacial score (nSPS) is 15.7. The summed E-state index contributed by atoms with van der Waals surface area (Å²) in [6, 6.07) is 9.52. The summed E-state index contributed by atoms with van der Waals surface area (Å²) in [6.07, 6.45) is 2.21. The van der Waals surface area contributed by atoms with Crippen molar-refractivity contribution < 1.29 is 22.1 Å². The quantitative estimate of drug-likeness (QED) is 0.284. The molecule has 1 aliphatic heterocycles. The Morgan fingerprint density at radius 1 is 1.11 bits per heavy atom. The van der Waals surface area contributed by atoms with E-state index < -0.39 is 10.1 Å². The molecule has 1 aliphatic rings. The van der Waals surface area contributed by atoms with Gasteiger partial charge in [-0.2, -0.15) is 8.42 Å². The second-order valence-corrected chi connectivity index (χ2v) is 11.9. The van der Waals surface area contributed by atoms with Crippen LogP contribution >= 0.6 is 23.2 Å². The van der Waals surface area contributed by atoms with Gasteiger partial charge in [0.05, 0.1) is 16.1 Å². The molecule has 2 aromatic carbocycles. The van der Waals surface area contributed by atoms with E-state index in [1.54, 1.807) is 11.0 Å². The molecule has 7 nitrogen and oxygen atoms in total. The lowest BCUT2D eigenvalue weighted by Gasteiger charge is -2.28. The van der Waals surface area contributed by atoms with Crippen LogP contribution in [0, 0.1) is 5.92 Å². The summed E-state index contributed by atoms with van der Waals surface area (Å²) in [5.41, 5.74) is 1.42. The van der Waals surface area contributed by atoms with Gasteiger partial charge >= 0.3 is 10.1 Å². The van der Waals surface area contributed by atoms with E-state index in [9.17, 15) is 13.2 Å². The van der Waals surface area contributed by atoms with E-state index in [0.717, 1.165) is 31.6 Å². The lowest BCUT2D eigenvalue weighted by Crippen LogP contribution is -2.37. The molecule has 3 rings (SSSR count). The molecule has 0 saturated carbocycles. The lowest BCUT2D eigenvalue weighted by molar-refractivity contribution is -0.134. The van der Waals surface area contributed by atoms with Gasteiger partial charge in [0.1, 0.15) is 10.6 Å². The summed E-state index contributed by atoms with van der Waals surface area (Å²) in [7, 11) is -4.22. The summed E-state index contributed by atoms with van der Waals surface area (Å²) in [4.78, 5) is 16.9. The maximum atomic E-state index is 13.2. The van der Waals surface area contributed by atoms with Crippen molar-refractivity contribution in [2.24, 2.45) is 5.92 Å². The monoisotopic (exact) mass is 570 g/mol. The first-order valence-corrected chi connectivity index (χ1v) is 14.9. The molecule has 0 aliphatic carbocycles. The molecule has 0 spiro atoms. The molecule has 0 radical (unpaired) electrons. The largest absolute Gasteiger partial charge is 0.379 e. The molecule has 204 valence electrons. The number of carbonyl (C=O) groups is 1. The lowest BCUT2D eigenvalue weighted by atomic mass is 10.1. The van der Waals surface area contributed by atoms with Gasteiger partial charge in [0.25, 0.3) is 0 Å². The predicted molar refractivity (Wildman–Crippen MR) is 148 cm³/mol. The highest BCUT2D eigenvalue weighted by Gasteiger charge is 2.26. The van der Waals surface area contributed by atoms with Crippen molar-refractivity contribution in [3.63, 3.8) is 0 Å². The Morgan fingerprint density at radius 2 is 1.84 bits per heavy atom. The van der Waals surface area contributed by atoms with Crippen molar-refractivity contribution in [2.75, 3.05) is 31.1 Å². The highest BCUT2D eigenvalue weighted by molar-refractivity contribution is 7.87. The number of amides is 1. The predicted octanol–water partition coefficient (Wildman–Crippen LogP) is 6.16. The van der Waals surface area contributed by atoms with Crippen LogP contribution in [0.25, 0.3) is 0 Å². The van der Waals surface area contributed by atoms with Crippen LogP contribution in [-0.2, 0) is 26.2 Å². The van der Waals surface area contributed by atoms with Crippen LogP contribution in [0.3, 0.4) is 0 Å². The minimum atomic E-state index is -4.22. The molecule has 1 atom stereocenters. The van der Waals surface area contributed by atoms with Gasteiger partial charge in [-0.05, 0) is 56.9 Å². The molecule has 0 N–H and O–H groups in total. The van der Waals surface area contributed by atoms with E-state index in [2.05, 4.69) is 4.90 Å². The molecule has 2 aromatic rings. The molecule has 1 amide bonds. The number of carbonyl (C=O) groups excluding carboxylic acids is 1. The van der Waals surface area contributed by atoms with Gasteiger partial charge in [-0.3, -0.25) is 4.79 Å². The van der Waals surface area contributed by atoms with E-state index in [4.69, 9.17) is 32.1 Å². The van der Waals surface area contributed by atoms with Crippen LogP contribution in [-0.4, -0.2) is 51.6 Å². The average Bonchev–Trinajstić information content (AvgIpc) is 3.35. The molecular weight excluding hydrogens is 535 g/mol. The van der Waals surface area contributed by atoms with Crippen molar-refractivity contribution in [1.82, 2.24) is 4.90 Å². The Hall–Kier alpha value is -2.00. The first-order chi connectivity index (χ1) is 17.5. The Morgan fingerprint density at radius 3 is 2.43 bits per heavy atom. The number of ether oxygens (including phenoxy) is 1. The standard InChI is InChI=1S/C27H36Cl2N2O5S/c1-5-30(6-2)21-10-9-20(17-31(27(32)14-19(3)4)18-22-8-7-13-35-22)26(15-21)36-37(33,34)23-11-12-24(28)25(29)16-23/h9-12,15-16,19,22H,5-8,13-14,17-18H2,1-4H3/t22-/m0/s1. The Bertz CT molecular complexity index is 1180. The maximum Gasteiger partial charge on any atom is 0.339 e. The second kappa shape index (κ2) is 13.2. The van der Waals surface area contributed by atoms with Gasteiger partial charge in [0.2, 0.25) is 5.91 Å². The molecule has 0 unspecified atom stereocenters. The number of hydrogen-bond donors (Lipinski definition) is 0. The summed E-state index contributed by atoms with van der Waals surface area (Å²) in [5.74, 6) is 0.358. The van der Waals surface area contributed by atoms with E-state index >= 15 is 0 Å². The van der Waals surface area contributed by atoms with Gasteiger partial charge in [0, 0.05) is 56.5 Å². The number of rotatable bonds is 12. The molecule has 10 heteroatoms. The molecular formula is C27H36Cl2N2O5S. The van der Waals surface area contributed by atoms with Crippen molar-refractivity contribution >= 4 is 44.9 Å². The van der Waals surface area contributed by atoms with E-state index in [-0.39, 0.29) is 45.2 Å². The molecule has 37 heavy (non-hydrogen) atoms. The van der Waals surface area contributed by atoms with Crippen LogP contribution in [0.15, 0.2) is 41.3 Å². The SMILES string of the molecule is CCN(CC)c1ccc(CN(C[C@@H]2CCCO2)C(=O)CC(C)C)c(OS(=O)(=O)c2ccc(Cl)c(Cl)c2)c1. The third-order valence-corrected chi connectivity index (χ3v) is 8.27. The zero-order valence-electron chi connectivity index (χ0n) is 21.9. The first-order valence-electron chi connectivity index (χ1n) is 12.7. The Kier molecular flexibility index (Phi) is 10.5. The maximum absolute atomic E-state index is 13.2. The van der Waals surface area contributed by atoms with Crippen molar-refractivity contribution in [1.29, 1.82) is 0 Å². The average molecular weight is 572 g/mol. The summed E-state index contributed by atoms with van der Waals surface area (Å²) in [5, 5.41) is 0.365. The molecule has 1 heterocycles. The highest BCUT2D eigenvalue weighted by Crippen LogP contribution is 2.32. The highest BCUT2D eigenvalue weighted by atomic mass is 35.5. The molecule has 0 aromatic heterocycles. The summed E-state index contributed by atoms with van der Waals surface area (Å²) >= 11 is 12.0. The van der Waals surface area contributed by atoms with Gasteiger partial charge in [0.15, 0.2) is 0 Å².